The lowest BCUT2D eigenvalue weighted by Gasteiger charge is -2.20. The second-order valence-corrected chi connectivity index (χ2v) is 2.83. The number of carbonyl (C=O) groups excluding carboxylic acids is 2. The van der Waals surface area contributed by atoms with Gasteiger partial charge < -0.3 is 9.55 Å². The molecule has 1 heterocycles. The molecule has 0 aromatic carbocycles. The first-order chi connectivity index (χ1) is 6.20. The van der Waals surface area contributed by atoms with Crippen LogP contribution in [0.15, 0.2) is 12.7 Å². The SMILES string of the molecule is [B]OC(=O)[C@@H]1CCCN1C(=O)C=C. The van der Waals surface area contributed by atoms with Crippen molar-refractivity contribution in [3.63, 3.8) is 0 Å². The Kier molecular flexibility index (Phi) is 3.11. The molecule has 0 N–H and O–H groups in total. The minimum Gasteiger partial charge on any atom is -0.542 e. The highest BCUT2D eigenvalue weighted by Crippen LogP contribution is 2.18. The smallest absolute Gasteiger partial charge is 0.378 e. The van der Waals surface area contributed by atoms with E-state index in [1.807, 2.05) is 0 Å². The normalized spacial score (nSPS) is 21.2. The van der Waals surface area contributed by atoms with Crippen LogP contribution in [0.1, 0.15) is 12.8 Å². The van der Waals surface area contributed by atoms with E-state index in [4.69, 9.17) is 8.05 Å². The highest BCUT2D eigenvalue weighted by atomic mass is 16.5. The summed E-state index contributed by atoms with van der Waals surface area (Å²) < 4.78 is 4.09. The molecule has 0 spiro atoms. The van der Waals surface area contributed by atoms with Gasteiger partial charge in [-0.3, -0.25) is 9.59 Å². The fourth-order valence-corrected chi connectivity index (χ4v) is 1.47. The van der Waals surface area contributed by atoms with Crippen LogP contribution in [0.5, 0.6) is 0 Å². The Morgan fingerprint density at radius 3 is 2.85 bits per heavy atom. The van der Waals surface area contributed by atoms with Gasteiger partial charge in [-0.25, -0.2) is 0 Å². The number of likely N-dealkylation sites (tertiary alicyclic amines) is 1. The van der Waals surface area contributed by atoms with Crippen molar-refractivity contribution in [2.75, 3.05) is 6.54 Å². The monoisotopic (exact) mass is 179 g/mol. The number of nitrogens with zero attached hydrogens (tertiary/aromatic N) is 1. The first-order valence-corrected chi connectivity index (χ1v) is 4.04. The standard InChI is InChI=1S/C8H10BNO3/c1-2-7(11)10-5-3-4-6(10)8(12)13-9/h2,6H,1,3-5H2/t6-/m0/s1. The molecule has 1 amide bonds. The molecular weight excluding hydrogens is 169 g/mol. The molecular formula is C8H10BNO3. The van der Waals surface area contributed by atoms with Crippen LogP contribution >= 0.6 is 0 Å². The van der Waals surface area contributed by atoms with Gasteiger partial charge in [0.15, 0.2) is 0 Å². The molecule has 1 atom stereocenters. The average molecular weight is 179 g/mol. The molecule has 0 saturated carbocycles. The molecule has 13 heavy (non-hydrogen) atoms. The number of carbonyl (C=O) groups is 2. The summed E-state index contributed by atoms with van der Waals surface area (Å²) in [7, 11) is 4.74. The van der Waals surface area contributed by atoms with Gasteiger partial charge in [0.2, 0.25) is 5.91 Å². The van der Waals surface area contributed by atoms with Crippen molar-refractivity contribution in [2.45, 2.75) is 18.9 Å². The fourth-order valence-electron chi connectivity index (χ4n) is 1.47. The van der Waals surface area contributed by atoms with E-state index in [0.717, 1.165) is 6.42 Å². The first kappa shape index (κ1) is 9.83. The van der Waals surface area contributed by atoms with Crippen LogP contribution in [0.3, 0.4) is 0 Å². The molecule has 1 aliphatic heterocycles. The van der Waals surface area contributed by atoms with Gasteiger partial charge in [-0.05, 0) is 18.9 Å². The van der Waals surface area contributed by atoms with Crippen LogP contribution in [-0.2, 0) is 14.2 Å². The third-order valence-corrected chi connectivity index (χ3v) is 2.10. The van der Waals surface area contributed by atoms with Crippen molar-refractivity contribution in [1.82, 2.24) is 4.90 Å². The summed E-state index contributed by atoms with van der Waals surface area (Å²) >= 11 is 0. The first-order valence-electron chi connectivity index (χ1n) is 4.04. The molecule has 1 saturated heterocycles. The summed E-state index contributed by atoms with van der Waals surface area (Å²) in [6, 6.07) is -0.532. The van der Waals surface area contributed by atoms with E-state index < -0.39 is 12.0 Å². The maximum Gasteiger partial charge on any atom is 0.378 e. The Bertz CT molecular complexity index is 242. The quantitative estimate of drug-likeness (QED) is 0.435. The van der Waals surface area contributed by atoms with Crippen molar-refractivity contribution in [3.05, 3.63) is 12.7 Å². The summed E-state index contributed by atoms with van der Waals surface area (Å²) in [5, 5.41) is 0. The zero-order chi connectivity index (χ0) is 9.84. The van der Waals surface area contributed by atoms with E-state index in [0.29, 0.717) is 13.0 Å². The van der Waals surface area contributed by atoms with Crippen LogP contribution in [0.2, 0.25) is 0 Å². The van der Waals surface area contributed by atoms with Crippen molar-refractivity contribution in [1.29, 1.82) is 0 Å². The summed E-state index contributed by atoms with van der Waals surface area (Å²) in [6.07, 6.45) is 2.58. The summed E-state index contributed by atoms with van der Waals surface area (Å²) in [5.74, 6) is -0.819. The van der Waals surface area contributed by atoms with Crippen LogP contribution in [0, 0.1) is 0 Å². The maximum atomic E-state index is 11.2. The topological polar surface area (TPSA) is 46.6 Å². The van der Waals surface area contributed by atoms with Gasteiger partial charge in [0.1, 0.15) is 6.04 Å². The zero-order valence-electron chi connectivity index (χ0n) is 7.23. The van der Waals surface area contributed by atoms with Gasteiger partial charge in [0, 0.05) is 6.54 Å². The molecule has 1 aliphatic rings. The van der Waals surface area contributed by atoms with Gasteiger partial charge in [0.05, 0.1) is 0 Å². The third kappa shape index (κ3) is 1.91. The lowest BCUT2D eigenvalue weighted by Crippen LogP contribution is -2.40. The van der Waals surface area contributed by atoms with E-state index in [9.17, 15) is 9.59 Å². The van der Waals surface area contributed by atoms with E-state index >= 15 is 0 Å². The second-order valence-electron chi connectivity index (χ2n) is 2.83. The molecule has 1 rings (SSSR count). The molecule has 0 aliphatic carbocycles. The molecule has 0 aromatic heterocycles. The Morgan fingerprint density at radius 2 is 2.31 bits per heavy atom. The lowest BCUT2D eigenvalue weighted by atomic mass is 10.2. The van der Waals surface area contributed by atoms with Gasteiger partial charge in [0.25, 0.3) is 0 Å². The number of amides is 1. The van der Waals surface area contributed by atoms with Gasteiger partial charge in [-0.2, -0.15) is 0 Å². The Hall–Kier alpha value is -1.26. The minimum absolute atomic E-state index is 0.257. The highest BCUT2D eigenvalue weighted by Gasteiger charge is 2.33. The van der Waals surface area contributed by atoms with Crippen molar-refractivity contribution in [2.24, 2.45) is 0 Å². The van der Waals surface area contributed by atoms with Gasteiger partial charge in [-0.1, -0.05) is 6.58 Å². The second kappa shape index (κ2) is 4.12. The molecule has 0 aromatic rings. The Labute approximate surface area is 78.0 Å². The van der Waals surface area contributed by atoms with Crippen molar-refractivity contribution < 1.29 is 14.2 Å². The predicted molar refractivity (Wildman–Crippen MR) is 46.8 cm³/mol. The summed E-state index contributed by atoms with van der Waals surface area (Å²) in [5.41, 5.74) is 0. The van der Waals surface area contributed by atoms with Crippen LogP contribution in [0.4, 0.5) is 0 Å². The highest BCUT2D eigenvalue weighted by molar-refractivity contribution is 6.07. The van der Waals surface area contributed by atoms with E-state index in [1.54, 1.807) is 0 Å². The average Bonchev–Trinajstić information content (AvgIpc) is 2.63. The number of hydrogen-bond acceptors (Lipinski definition) is 3. The van der Waals surface area contributed by atoms with E-state index in [-0.39, 0.29) is 5.91 Å². The number of rotatable bonds is 2. The lowest BCUT2D eigenvalue weighted by molar-refractivity contribution is -0.144. The fraction of sp³-hybridized carbons (Fsp3) is 0.500. The Balaban J connectivity index is 2.68. The molecule has 1 fully saturated rings. The molecule has 0 bridgehead atoms. The third-order valence-electron chi connectivity index (χ3n) is 2.10. The van der Waals surface area contributed by atoms with Gasteiger partial charge >= 0.3 is 14.0 Å². The van der Waals surface area contributed by atoms with Crippen LogP contribution < -0.4 is 0 Å². The van der Waals surface area contributed by atoms with Gasteiger partial charge in [-0.15, -0.1) is 0 Å². The van der Waals surface area contributed by atoms with E-state index in [2.05, 4.69) is 11.2 Å². The number of hydrogen-bond donors (Lipinski definition) is 0. The molecule has 4 nitrogen and oxygen atoms in total. The van der Waals surface area contributed by atoms with Crippen LogP contribution in [0.25, 0.3) is 0 Å². The summed E-state index contributed by atoms with van der Waals surface area (Å²) in [6.45, 7) is 3.91. The zero-order valence-corrected chi connectivity index (χ0v) is 7.23. The minimum atomic E-state index is -0.562. The summed E-state index contributed by atoms with van der Waals surface area (Å²) in [4.78, 5) is 23.7. The molecule has 68 valence electrons. The molecule has 0 unspecified atom stereocenters. The Morgan fingerprint density at radius 1 is 1.62 bits per heavy atom. The maximum absolute atomic E-state index is 11.2. The molecule has 2 radical (unpaired) electrons. The van der Waals surface area contributed by atoms with Crippen molar-refractivity contribution in [3.8, 4) is 0 Å². The predicted octanol–water partition coefficient (Wildman–Crippen LogP) is -0.210. The molecule has 5 heteroatoms. The largest absolute Gasteiger partial charge is 0.542 e. The van der Waals surface area contributed by atoms with Crippen LogP contribution in [-0.4, -0.2) is 37.4 Å². The van der Waals surface area contributed by atoms with Crippen molar-refractivity contribution >= 4 is 19.9 Å². The van der Waals surface area contributed by atoms with E-state index in [1.165, 1.54) is 11.0 Å².